The van der Waals surface area contributed by atoms with Crippen LogP contribution in [0.2, 0.25) is 0 Å². The largest absolute Gasteiger partial charge is 0.462 e. The molecule has 146 valence electrons. The van der Waals surface area contributed by atoms with Crippen LogP contribution < -0.4 is 0 Å². The first-order valence-corrected chi connectivity index (χ1v) is 10.5. The number of rotatable bonds is 2. The fourth-order valence-electron chi connectivity index (χ4n) is 6.71. The lowest BCUT2D eigenvalue weighted by molar-refractivity contribution is -0.306. The Labute approximate surface area is 161 Å². The zero-order valence-corrected chi connectivity index (χ0v) is 16.4. The molecule has 2 heterocycles. The Morgan fingerprint density at radius 3 is 2.70 bits per heavy atom. The van der Waals surface area contributed by atoms with Crippen LogP contribution in [0.1, 0.15) is 51.5 Å². The van der Waals surface area contributed by atoms with E-state index in [9.17, 15) is 4.79 Å². The predicted molar refractivity (Wildman–Crippen MR) is 101 cm³/mol. The zero-order valence-electron chi connectivity index (χ0n) is 16.4. The second-order valence-corrected chi connectivity index (χ2v) is 9.57. The molecule has 2 aliphatic heterocycles. The lowest BCUT2D eigenvalue weighted by Gasteiger charge is -2.62. The molecule has 4 aliphatic rings. The highest BCUT2D eigenvalue weighted by Gasteiger charge is 2.63. The van der Waals surface area contributed by atoms with Gasteiger partial charge in [-0.2, -0.15) is 0 Å². The van der Waals surface area contributed by atoms with Gasteiger partial charge in [0.25, 0.3) is 0 Å². The Morgan fingerprint density at radius 1 is 1.07 bits per heavy atom. The standard InChI is InChI=1S/C23H30O4/c1-22-11-10-19-23(2,18(22)9-8-17-16(22)13-20(24)26-17)14-25-21(27-19)12-15-6-4-3-5-7-15/h3-7,16-19,21H,8-14H2,1-2H3. The normalized spacial score (nSPS) is 46.1. The van der Waals surface area contributed by atoms with E-state index in [1.807, 2.05) is 6.07 Å². The van der Waals surface area contributed by atoms with E-state index in [1.54, 1.807) is 0 Å². The van der Waals surface area contributed by atoms with Gasteiger partial charge in [0.15, 0.2) is 6.29 Å². The molecule has 0 radical (unpaired) electrons. The lowest BCUT2D eigenvalue weighted by atomic mass is 9.46. The van der Waals surface area contributed by atoms with Crippen LogP contribution in [0.4, 0.5) is 0 Å². The van der Waals surface area contributed by atoms with Crippen molar-refractivity contribution in [2.45, 2.75) is 70.9 Å². The highest BCUT2D eigenvalue weighted by Crippen LogP contribution is 2.63. The molecule has 0 aromatic heterocycles. The molecule has 2 saturated carbocycles. The Kier molecular flexibility index (Phi) is 4.14. The van der Waals surface area contributed by atoms with Crippen LogP contribution in [0.3, 0.4) is 0 Å². The second kappa shape index (κ2) is 6.31. The summed E-state index contributed by atoms with van der Waals surface area (Å²) in [6, 6.07) is 10.4. The summed E-state index contributed by atoms with van der Waals surface area (Å²) in [6.07, 6.45) is 5.90. The van der Waals surface area contributed by atoms with Gasteiger partial charge >= 0.3 is 5.97 Å². The number of carbonyl (C=O) groups is 1. The van der Waals surface area contributed by atoms with Crippen molar-refractivity contribution in [3.05, 3.63) is 35.9 Å². The fourth-order valence-corrected chi connectivity index (χ4v) is 6.71. The molecule has 5 rings (SSSR count). The van der Waals surface area contributed by atoms with Gasteiger partial charge in [0.2, 0.25) is 0 Å². The molecule has 4 fully saturated rings. The topological polar surface area (TPSA) is 44.8 Å². The summed E-state index contributed by atoms with van der Waals surface area (Å²) >= 11 is 0. The summed E-state index contributed by atoms with van der Waals surface area (Å²) in [5.41, 5.74) is 1.43. The summed E-state index contributed by atoms with van der Waals surface area (Å²) in [6.45, 7) is 5.51. The molecule has 2 saturated heterocycles. The number of ether oxygens (including phenoxy) is 3. The summed E-state index contributed by atoms with van der Waals surface area (Å²) in [5, 5.41) is 0. The molecule has 0 N–H and O–H groups in total. The van der Waals surface area contributed by atoms with E-state index in [0.29, 0.717) is 18.3 Å². The third kappa shape index (κ3) is 2.75. The van der Waals surface area contributed by atoms with Crippen LogP contribution >= 0.6 is 0 Å². The molecule has 4 heteroatoms. The van der Waals surface area contributed by atoms with E-state index >= 15 is 0 Å². The highest BCUT2D eigenvalue weighted by atomic mass is 16.7. The number of benzene rings is 1. The smallest absolute Gasteiger partial charge is 0.306 e. The maximum atomic E-state index is 11.9. The number of carbonyl (C=O) groups excluding carboxylic acids is 1. The van der Waals surface area contributed by atoms with Gasteiger partial charge < -0.3 is 14.2 Å². The molecule has 0 spiro atoms. The summed E-state index contributed by atoms with van der Waals surface area (Å²) in [5.74, 6) is 0.888. The Morgan fingerprint density at radius 2 is 1.89 bits per heavy atom. The van der Waals surface area contributed by atoms with Crippen molar-refractivity contribution in [2.24, 2.45) is 22.7 Å². The number of hydrogen-bond donors (Lipinski definition) is 0. The van der Waals surface area contributed by atoms with Gasteiger partial charge in [-0.25, -0.2) is 0 Å². The van der Waals surface area contributed by atoms with Gasteiger partial charge in [0, 0.05) is 17.8 Å². The Balaban J connectivity index is 1.34. The molecular weight excluding hydrogens is 340 g/mol. The van der Waals surface area contributed by atoms with Crippen molar-refractivity contribution in [2.75, 3.05) is 6.61 Å². The molecule has 2 aliphatic carbocycles. The van der Waals surface area contributed by atoms with Gasteiger partial charge in [0.1, 0.15) is 6.10 Å². The minimum Gasteiger partial charge on any atom is -0.462 e. The number of hydrogen-bond acceptors (Lipinski definition) is 4. The molecule has 27 heavy (non-hydrogen) atoms. The second-order valence-electron chi connectivity index (χ2n) is 9.57. The third-order valence-corrected chi connectivity index (χ3v) is 8.12. The minimum atomic E-state index is -0.150. The summed E-state index contributed by atoms with van der Waals surface area (Å²) in [4.78, 5) is 11.9. The van der Waals surface area contributed by atoms with Crippen LogP contribution in [0.5, 0.6) is 0 Å². The summed E-state index contributed by atoms with van der Waals surface area (Å²) in [7, 11) is 0. The predicted octanol–water partition coefficient (Wildman–Crippen LogP) is 4.12. The van der Waals surface area contributed by atoms with Gasteiger partial charge in [-0.05, 0) is 42.6 Å². The molecule has 7 unspecified atom stereocenters. The molecule has 0 amide bonds. The van der Waals surface area contributed by atoms with Crippen LogP contribution in [0, 0.1) is 22.7 Å². The van der Waals surface area contributed by atoms with Crippen LogP contribution in [-0.2, 0) is 25.4 Å². The first-order valence-electron chi connectivity index (χ1n) is 10.5. The maximum Gasteiger partial charge on any atom is 0.306 e. The highest BCUT2D eigenvalue weighted by molar-refractivity contribution is 5.72. The van der Waals surface area contributed by atoms with E-state index in [1.165, 1.54) is 5.56 Å². The Hall–Kier alpha value is -1.39. The number of esters is 1. The van der Waals surface area contributed by atoms with E-state index in [4.69, 9.17) is 14.2 Å². The molecule has 4 nitrogen and oxygen atoms in total. The quantitative estimate of drug-likeness (QED) is 0.735. The lowest BCUT2D eigenvalue weighted by Crippen LogP contribution is -2.62. The van der Waals surface area contributed by atoms with Gasteiger partial charge in [-0.15, -0.1) is 0 Å². The van der Waals surface area contributed by atoms with Gasteiger partial charge in [-0.1, -0.05) is 44.2 Å². The van der Waals surface area contributed by atoms with Crippen molar-refractivity contribution in [3.8, 4) is 0 Å². The van der Waals surface area contributed by atoms with E-state index in [-0.39, 0.29) is 35.3 Å². The van der Waals surface area contributed by atoms with Crippen molar-refractivity contribution in [3.63, 3.8) is 0 Å². The average Bonchev–Trinajstić information content (AvgIpc) is 3.05. The fraction of sp³-hybridized carbons (Fsp3) is 0.696. The van der Waals surface area contributed by atoms with E-state index in [0.717, 1.165) is 38.7 Å². The first-order chi connectivity index (χ1) is 13.0. The van der Waals surface area contributed by atoms with Crippen LogP contribution in [0.15, 0.2) is 30.3 Å². The van der Waals surface area contributed by atoms with E-state index < -0.39 is 0 Å². The molecular formula is C23H30O4. The van der Waals surface area contributed by atoms with Crippen LogP contribution in [0.25, 0.3) is 0 Å². The molecule has 0 bridgehead atoms. The molecule has 1 aromatic carbocycles. The maximum absolute atomic E-state index is 11.9. The van der Waals surface area contributed by atoms with Crippen molar-refractivity contribution in [1.29, 1.82) is 0 Å². The molecule has 7 atom stereocenters. The molecule has 1 aromatic rings. The minimum absolute atomic E-state index is 0.00165. The zero-order chi connectivity index (χ0) is 18.6. The van der Waals surface area contributed by atoms with E-state index in [2.05, 4.69) is 38.1 Å². The monoisotopic (exact) mass is 370 g/mol. The van der Waals surface area contributed by atoms with Crippen molar-refractivity contribution in [1.82, 2.24) is 0 Å². The number of fused-ring (bicyclic) bond motifs is 5. The van der Waals surface area contributed by atoms with Gasteiger partial charge in [0.05, 0.1) is 19.1 Å². The average molecular weight is 370 g/mol. The summed E-state index contributed by atoms with van der Waals surface area (Å²) < 4.78 is 18.4. The first kappa shape index (κ1) is 17.7. The SMILES string of the molecule is CC12COC(Cc3ccccc3)OC1CCC1(C)C3CC(=O)OC3CCC21. The van der Waals surface area contributed by atoms with Crippen molar-refractivity contribution >= 4 is 5.97 Å². The van der Waals surface area contributed by atoms with Gasteiger partial charge in [-0.3, -0.25) is 4.79 Å². The van der Waals surface area contributed by atoms with Crippen LogP contribution in [-0.4, -0.2) is 31.1 Å². The Bertz CT molecular complexity index is 718. The van der Waals surface area contributed by atoms with Crippen molar-refractivity contribution < 1.29 is 19.0 Å². The third-order valence-electron chi connectivity index (χ3n) is 8.12.